The molecule has 6 heteroatoms. The number of hydrogen-bond donors (Lipinski definition) is 2. The molecule has 2 aromatic rings. The fourth-order valence-corrected chi connectivity index (χ4v) is 4.75. The van der Waals surface area contributed by atoms with E-state index in [1.54, 1.807) is 13.0 Å². The van der Waals surface area contributed by atoms with E-state index >= 15 is 0 Å². The Morgan fingerprint density at radius 3 is 2.62 bits per heavy atom. The summed E-state index contributed by atoms with van der Waals surface area (Å²) < 4.78 is 13.3. The Morgan fingerprint density at radius 1 is 1.21 bits per heavy atom. The molecule has 3 heterocycles. The predicted molar refractivity (Wildman–Crippen MR) is 114 cm³/mol. The Balaban J connectivity index is 1.75. The van der Waals surface area contributed by atoms with Crippen LogP contribution in [0.1, 0.15) is 56.7 Å². The van der Waals surface area contributed by atoms with Gasteiger partial charge in [0.2, 0.25) is 5.91 Å². The van der Waals surface area contributed by atoms with Gasteiger partial charge in [0.15, 0.2) is 0 Å². The zero-order chi connectivity index (χ0) is 20.5. The third-order valence-corrected chi connectivity index (χ3v) is 6.52. The largest absolute Gasteiger partial charge is 0.363 e. The van der Waals surface area contributed by atoms with Gasteiger partial charge in [-0.3, -0.25) is 4.79 Å². The summed E-state index contributed by atoms with van der Waals surface area (Å²) in [6.07, 6.45) is 3.48. The van der Waals surface area contributed by atoms with Gasteiger partial charge in [-0.25, -0.2) is 9.37 Å². The van der Waals surface area contributed by atoms with Crippen molar-refractivity contribution in [2.24, 2.45) is 5.92 Å². The van der Waals surface area contributed by atoms with E-state index in [4.69, 9.17) is 0 Å². The van der Waals surface area contributed by atoms with Crippen LogP contribution in [0.3, 0.4) is 0 Å². The molecule has 2 aliphatic heterocycles. The van der Waals surface area contributed by atoms with E-state index in [0.717, 1.165) is 37.2 Å². The summed E-state index contributed by atoms with van der Waals surface area (Å²) >= 11 is 0. The SMILES string of the molecule is CC(=O)N1c2ccc(C3CCNCC3)cc2C(Nc2ccc(F)cn2)C(C)C1C. The maximum absolute atomic E-state index is 13.3. The Kier molecular flexibility index (Phi) is 5.54. The van der Waals surface area contributed by atoms with Crippen LogP contribution in [-0.2, 0) is 4.79 Å². The van der Waals surface area contributed by atoms with E-state index in [1.807, 2.05) is 4.90 Å². The molecule has 29 heavy (non-hydrogen) atoms. The number of piperidine rings is 1. The van der Waals surface area contributed by atoms with Gasteiger partial charge in [0, 0.05) is 24.6 Å². The Hall–Kier alpha value is -2.47. The van der Waals surface area contributed by atoms with Crippen LogP contribution < -0.4 is 15.5 Å². The lowest BCUT2D eigenvalue weighted by molar-refractivity contribution is -0.117. The van der Waals surface area contributed by atoms with Gasteiger partial charge >= 0.3 is 0 Å². The van der Waals surface area contributed by atoms with Crippen molar-refractivity contribution in [3.05, 3.63) is 53.5 Å². The number of nitrogens with zero attached hydrogens (tertiary/aromatic N) is 2. The number of rotatable bonds is 3. The topological polar surface area (TPSA) is 57.3 Å². The lowest BCUT2D eigenvalue weighted by Gasteiger charge is -2.44. The summed E-state index contributed by atoms with van der Waals surface area (Å²) in [5, 5.41) is 6.93. The number of nitrogens with one attached hydrogen (secondary N) is 2. The molecule has 1 saturated heterocycles. The lowest BCUT2D eigenvalue weighted by Crippen LogP contribution is -2.48. The van der Waals surface area contributed by atoms with Crippen molar-refractivity contribution < 1.29 is 9.18 Å². The number of anilines is 2. The van der Waals surface area contributed by atoms with Gasteiger partial charge in [0.05, 0.1) is 12.2 Å². The molecule has 4 rings (SSSR count). The highest BCUT2D eigenvalue weighted by atomic mass is 19.1. The van der Waals surface area contributed by atoms with Gasteiger partial charge in [-0.15, -0.1) is 0 Å². The highest BCUT2D eigenvalue weighted by molar-refractivity contribution is 5.94. The van der Waals surface area contributed by atoms with Gasteiger partial charge in [-0.05, 0) is 68.1 Å². The van der Waals surface area contributed by atoms with Crippen LogP contribution in [0, 0.1) is 11.7 Å². The van der Waals surface area contributed by atoms with Crippen LogP contribution in [-0.4, -0.2) is 30.0 Å². The van der Waals surface area contributed by atoms with Gasteiger partial charge in [-0.1, -0.05) is 19.1 Å². The summed E-state index contributed by atoms with van der Waals surface area (Å²) in [6.45, 7) is 7.94. The second kappa shape index (κ2) is 8.11. The van der Waals surface area contributed by atoms with Crippen LogP contribution in [0.15, 0.2) is 36.5 Å². The molecular weight excluding hydrogens is 367 g/mol. The van der Waals surface area contributed by atoms with Crippen molar-refractivity contribution in [1.29, 1.82) is 0 Å². The molecule has 3 unspecified atom stereocenters. The number of fused-ring (bicyclic) bond motifs is 1. The van der Waals surface area contributed by atoms with Crippen LogP contribution >= 0.6 is 0 Å². The number of benzene rings is 1. The summed E-state index contributed by atoms with van der Waals surface area (Å²) in [6, 6.07) is 9.67. The smallest absolute Gasteiger partial charge is 0.224 e. The van der Waals surface area contributed by atoms with Gasteiger partial charge < -0.3 is 15.5 Å². The number of halogens is 1. The van der Waals surface area contributed by atoms with E-state index in [-0.39, 0.29) is 29.7 Å². The zero-order valence-corrected chi connectivity index (χ0v) is 17.3. The number of carbonyl (C=O) groups excluding carboxylic acids is 1. The highest BCUT2D eigenvalue weighted by Crippen LogP contribution is 2.44. The molecule has 0 spiro atoms. The first kappa shape index (κ1) is 19.8. The molecule has 1 fully saturated rings. The minimum Gasteiger partial charge on any atom is -0.363 e. The van der Waals surface area contributed by atoms with Crippen molar-refractivity contribution in [2.45, 2.75) is 51.6 Å². The number of pyridine rings is 1. The van der Waals surface area contributed by atoms with Crippen molar-refractivity contribution >= 4 is 17.4 Å². The molecule has 0 bridgehead atoms. The normalized spacial score (nSPS) is 24.8. The number of hydrogen-bond acceptors (Lipinski definition) is 4. The molecule has 3 atom stereocenters. The van der Waals surface area contributed by atoms with Crippen molar-refractivity contribution in [3.8, 4) is 0 Å². The minimum absolute atomic E-state index is 0.00442. The highest BCUT2D eigenvalue weighted by Gasteiger charge is 2.38. The van der Waals surface area contributed by atoms with Crippen LogP contribution in [0.5, 0.6) is 0 Å². The van der Waals surface area contributed by atoms with Crippen molar-refractivity contribution in [3.63, 3.8) is 0 Å². The lowest BCUT2D eigenvalue weighted by atomic mass is 9.80. The standard InChI is InChI=1S/C23H29FN4O/c1-14-15(2)28(16(3)29)21-6-4-18(17-8-10-25-11-9-17)12-20(21)23(14)27-22-7-5-19(24)13-26-22/h4-7,12-15,17,23,25H,8-11H2,1-3H3,(H,26,27). The maximum Gasteiger partial charge on any atom is 0.224 e. The Morgan fingerprint density at radius 2 is 1.97 bits per heavy atom. The van der Waals surface area contributed by atoms with Crippen LogP contribution in [0.25, 0.3) is 0 Å². The summed E-state index contributed by atoms with van der Waals surface area (Å²) in [7, 11) is 0. The van der Waals surface area contributed by atoms with E-state index in [0.29, 0.717) is 11.7 Å². The Labute approximate surface area is 171 Å². The fraction of sp³-hybridized carbons (Fsp3) is 0.478. The predicted octanol–water partition coefficient (Wildman–Crippen LogP) is 4.23. The first-order valence-electron chi connectivity index (χ1n) is 10.5. The van der Waals surface area contributed by atoms with E-state index in [9.17, 15) is 9.18 Å². The molecule has 5 nitrogen and oxygen atoms in total. The van der Waals surface area contributed by atoms with Crippen LogP contribution in [0.2, 0.25) is 0 Å². The van der Waals surface area contributed by atoms with Crippen LogP contribution in [0.4, 0.5) is 15.9 Å². The van der Waals surface area contributed by atoms with Crippen molar-refractivity contribution in [2.75, 3.05) is 23.3 Å². The first-order chi connectivity index (χ1) is 14.0. The average Bonchev–Trinajstić information content (AvgIpc) is 2.73. The molecule has 0 radical (unpaired) electrons. The fourth-order valence-electron chi connectivity index (χ4n) is 4.75. The second-order valence-corrected chi connectivity index (χ2v) is 8.31. The van der Waals surface area contributed by atoms with Gasteiger partial charge in [0.1, 0.15) is 11.6 Å². The third kappa shape index (κ3) is 3.86. The zero-order valence-electron chi connectivity index (χ0n) is 17.3. The second-order valence-electron chi connectivity index (χ2n) is 8.31. The molecule has 2 aliphatic rings. The summed E-state index contributed by atoms with van der Waals surface area (Å²) in [5.74, 6) is 1.05. The third-order valence-electron chi connectivity index (χ3n) is 6.52. The maximum atomic E-state index is 13.3. The molecule has 154 valence electrons. The summed E-state index contributed by atoms with van der Waals surface area (Å²) in [4.78, 5) is 18.6. The monoisotopic (exact) mass is 396 g/mol. The Bertz CT molecular complexity index is 879. The molecule has 0 aliphatic carbocycles. The quantitative estimate of drug-likeness (QED) is 0.815. The summed E-state index contributed by atoms with van der Waals surface area (Å²) in [5.41, 5.74) is 3.41. The first-order valence-corrected chi connectivity index (χ1v) is 10.5. The average molecular weight is 397 g/mol. The molecule has 1 aromatic carbocycles. The molecule has 1 amide bonds. The molecule has 2 N–H and O–H groups in total. The van der Waals surface area contributed by atoms with E-state index in [2.05, 4.69) is 47.7 Å². The molecular formula is C23H29FN4O. The molecule has 1 aromatic heterocycles. The van der Waals surface area contributed by atoms with Crippen molar-refractivity contribution in [1.82, 2.24) is 10.3 Å². The van der Waals surface area contributed by atoms with Gasteiger partial charge in [0.25, 0.3) is 0 Å². The molecule has 0 saturated carbocycles. The van der Waals surface area contributed by atoms with Gasteiger partial charge in [-0.2, -0.15) is 0 Å². The number of carbonyl (C=O) groups is 1. The minimum atomic E-state index is -0.350. The number of amides is 1. The van der Waals surface area contributed by atoms with E-state index in [1.165, 1.54) is 17.8 Å². The van der Waals surface area contributed by atoms with E-state index < -0.39 is 0 Å². The number of aromatic nitrogens is 1.